The van der Waals surface area contributed by atoms with E-state index in [0.29, 0.717) is 6.04 Å². The number of thiazole rings is 1. The number of hydrogen-bond donors (Lipinski definition) is 1. The van der Waals surface area contributed by atoms with Crippen LogP contribution >= 0.6 is 11.3 Å². The summed E-state index contributed by atoms with van der Waals surface area (Å²) < 4.78 is 0. The third kappa shape index (κ3) is 2.08. The highest BCUT2D eigenvalue weighted by Gasteiger charge is 2.38. The molecule has 2 heterocycles. The van der Waals surface area contributed by atoms with Crippen LogP contribution in [0.3, 0.4) is 0 Å². The van der Waals surface area contributed by atoms with Gasteiger partial charge in [-0.25, -0.2) is 4.98 Å². The second-order valence-corrected chi connectivity index (χ2v) is 6.16. The van der Waals surface area contributed by atoms with Gasteiger partial charge in [-0.3, -0.25) is 0 Å². The average molecular weight is 251 g/mol. The van der Waals surface area contributed by atoms with Crippen LogP contribution in [-0.2, 0) is 0 Å². The van der Waals surface area contributed by atoms with Gasteiger partial charge in [0, 0.05) is 24.0 Å². The fraction of sp³-hybridized carbons (Fsp3) is 0.769. The summed E-state index contributed by atoms with van der Waals surface area (Å²) in [6.07, 6.45) is 4.22. The second kappa shape index (κ2) is 4.58. The first-order valence-electron chi connectivity index (χ1n) is 6.73. The Bertz CT molecular complexity index is 390. The molecule has 4 heteroatoms. The van der Waals surface area contributed by atoms with Crippen molar-refractivity contribution in [3.63, 3.8) is 0 Å². The zero-order valence-corrected chi connectivity index (χ0v) is 11.5. The SMILES string of the molecule is CCNC(C)c1csc(N2CC3CCC2C3)n1. The molecule has 1 aliphatic carbocycles. The van der Waals surface area contributed by atoms with E-state index in [0.717, 1.165) is 18.5 Å². The van der Waals surface area contributed by atoms with E-state index >= 15 is 0 Å². The summed E-state index contributed by atoms with van der Waals surface area (Å²) in [5.74, 6) is 0.943. The lowest BCUT2D eigenvalue weighted by Crippen LogP contribution is -2.31. The second-order valence-electron chi connectivity index (χ2n) is 5.32. The van der Waals surface area contributed by atoms with Crippen LogP contribution in [0.15, 0.2) is 5.38 Å². The Morgan fingerprint density at radius 3 is 3.12 bits per heavy atom. The summed E-state index contributed by atoms with van der Waals surface area (Å²) in [5, 5.41) is 6.89. The topological polar surface area (TPSA) is 28.2 Å². The number of rotatable bonds is 4. The van der Waals surface area contributed by atoms with Gasteiger partial charge in [-0.15, -0.1) is 11.3 Å². The highest BCUT2D eigenvalue weighted by molar-refractivity contribution is 7.13. The average Bonchev–Trinajstić information content (AvgIpc) is 3.05. The van der Waals surface area contributed by atoms with Gasteiger partial charge in [0.15, 0.2) is 5.13 Å². The van der Waals surface area contributed by atoms with E-state index < -0.39 is 0 Å². The summed E-state index contributed by atoms with van der Waals surface area (Å²) in [6.45, 7) is 6.58. The maximum absolute atomic E-state index is 4.81. The number of fused-ring (bicyclic) bond motifs is 2. The van der Waals surface area contributed by atoms with E-state index in [4.69, 9.17) is 4.98 Å². The van der Waals surface area contributed by atoms with Crippen LogP contribution in [0.4, 0.5) is 5.13 Å². The minimum atomic E-state index is 0.379. The van der Waals surface area contributed by atoms with Crippen molar-refractivity contribution >= 4 is 16.5 Å². The van der Waals surface area contributed by atoms with Crippen molar-refractivity contribution in [3.8, 4) is 0 Å². The molecule has 3 nitrogen and oxygen atoms in total. The van der Waals surface area contributed by atoms with Crippen molar-refractivity contribution in [2.45, 2.75) is 45.2 Å². The lowest BCUT2D eigenvalue weighted by Gasteiger charge is -2.26. The number of hydrogen-bond acceptors (Lipinski definition) is 4. The normalized spacial score (nSPS) is 28.9. The van der Waals surface area contributed by atoms with Crippen molar-refractivity contribution in [2.24, 2.45) is 5.92 Å². The molecule has 3 unspecified atom stereocenters. The highest BCUT2D eigenvalue weighted by Crippen LogP contribution is 2.41. The van der Waals surface area contributed by atoms with Crippen molar-refractivity contribution < 1.29 is 0 Å². The molecule has 2 aliphatic rings. The maximum atomic E-state index is 4.81. The largest absolute Gasteiger partial charge is 0.345 e. The van der Waals surface area contributed by atoms with E-state index in [-0.39, 0.29) is 0 Å². The summed E-state index contributed by atoms with van der Waals surface area (Å²) in [7, 11) is 0. The molecule has 1 aromatic heterocycles. The van der Waals surface area contributed by atoms with Crippen LogP contribution in [-0.4, -0.2) is 24.1 Å². The zero-order valence-electron chi connectivity index (χ0n) is 10.6. The Morgan fingerprint density at radius 2 is 2.47 bits per heavy atom. The van der Waals surface area contributed by atoms with E-state index in [9.17, 15) is 0 Å². The molecule has 1 saturated heterocycles. The third-order valence-corrected chi connectivity index (χ3v) is 5.01. The first-order valence-corrected chi connectivity index (χ1v) is 7.61. The van der Waals surface area contributed by atoms with Crippen LogP contribution < -0.4 is 10.2 Å². The monoisotopic (exact) mass is 251 g/mol. The van der Waals surface area contributed by atoms with Gasteiger partial charge in [0.05, 0.1) is 5.69 Å². The summed E-state index contributed by atoms with van der Waals surface area (Å²) in [5.41, 5.74) is 1.20. The first-order chi connectivity index (χ1) is 8.28. The quantitative estimate of drug-likeness (QED) is 0.892. The molecule has 2 bridgehead atoms. The van der Waals surface area contributed by atoms with Gasteiger partial charge in [-0.2, -0.15) is 0 Å². The number of anilines is 1. The van der Waals surface area contributed by atoms with Gasteiger partial charge >= 0.3 is 0 Å². The van der Waals surface area contributed by atoms with E-state index in [1.807, 2.05) is 11.3 Å². The predicted octanol–water partition coefficient (Wildman–Crippen LogP) is 2.80. The molecule has 94 valence electrons. The first kappa shape index (κ1) is 11.5. The van der Waals surface area contributed by atoms with Crippen LogP contribution in [0.25, 0.3) is 0 Å². The fourth-order valence-corrected chi connectivity index (χ4v) is 4.18. The highest BCUT2D eigenvalue weighted by atomic mass is 32.1. The Kier molecular flexibility index (Phi) is 3.09. The standard InChI is InChI=1S/C13H21N3S/c1-3-14-9(2)12-8-17-13(15-12)16-7-10-4-5-11(16)6-10/h8-11,14H,3-7H2,1-2H3. The molecule has 0 radical (unpaired) electrons. The van der Waals surface area contributed by atoms with Crippen LogP contribution in [0.5, 0.6) is 0 Å². The van der Waals surface area contributed by atoms with Crippen LogP contribution in [0.1, 0.15) is 44.8 Å². The van der Waals surface area contributed by atoms with Gasteiger partial charge in [0.2, 0.25) is 0 Å². The van der Waals surface area contributed by atoms with Crippen molar-refractivity contribution in [2.75, 3.05) is 18.0 Å². The Hall–Kier alpha value is -0.610. The molecule has 1 aliphatic heterocycles. The third-order valence-electron chi connectivity index (χ3n) is 4.12. The summed E-state index contributed by atoms with van der Waals surface area (Å²) >= 11 is 1.82. The molecular formula is C13H21N3S. The van der Waals surface area contributed by atoms with Crippen LogP contribution in [0.2, 0.25) is 0 Å². The van der Waals surface area contributed by atoms with Gasteiger partial charge in [-0.05, 0) is 38.6 Å². The van der Waals surface area contributed by atoms with Crippen molar-refractivity contribution in [1.82, 2.24) is 10.3 Å². The molecule has 1 saturated carbocycles. The fourth-order valence-electron chi connectivity index (χ4n) is 3.18. The molecule has 1 aromatic rings. The predicted molar refractivity (Wildman–Crippen MR) is 72.7 cm³/mol. The zero-order chi connectivity index (χ0) is 11.8. The summed E-state index contributed by atoms with van der Waals surface area (Å²) in [4.78, 5) is 7.35. The maximum Gasteiger partial charge on any atom is 0.185 e. The molecule has 0 amide bonds. The van der Waals surface area contributed by atoms with Gasteiger partial charge in [-0.1, -0.05) is 6.92 Å². The van der Waals surface area contributed by atoms with Gasteiger partial charge < -0.3 is 10.2 Å². The minimum absolute atomic E-state index is 0.379. The Morgan fingerprint density at radius 1 is 1.59 bits per heavy atom. The molecule has 3 rings (SSSR count). The van der Waals surface area contributed by atoms with Crippen LogP contribution in [0, 0.1) is 5.92 Å². The number of piperidine rings is 1. The van der Waals surface area contributed by atoms with E-state index in [1.54, 1.807) is 0 Å². The van der Waals surface area contributed by atoms with Gasteiger partial charge in [0.1, 0.15) is 0 Å². The molecule has 17 heavy (non-hydrogen) atoms. The number of nitrogens with one attached hydrogen (secondary N) is 1. The molecular weight excluding hydrogens is 230 g/mol. The minimum Gasteiger partial charge on any atom is -0.345 e. The smallest absolute Gasteiger partial charge is 0.185 e. The number of aromatic nitrogens is 1. The van der Waals surface area contributed by atoms with Crippen molar-refractivity contribution in [1.29, 1.82) is 0 Å². The van der Waals surface area contributed by atoms with Crippen molar-refractivity contribution in [3.05, 3.63) is 11.1 Å². The van der Waals surface area contributed by atoms with Gasteiger partial charge in [0.25, 0.3) is 0 Å². The molecule has 3 atom stereocenters. The Labute approximate surface area is 107 Å². The Balaban J connectivity index is 1.72. The lowest BCUT2D eigenvalue weighted by molar-refractivity contribution is 0.550. The number of nitrogens with zero attached hydrogens (tertiary/aromatic N) is 2. The molecule has 0 spiro atoms. The van der Waals surface area contributed by atoms with E-state index in [1.165, 1.54) is 36.6 Å². The van der Waals surface area contributed by atoms with E-state index in [2.05, 4.69) is 29.4 Å². The lowest BCUT2D eigenvalue weighted by atomic mass is 10.1. The molecule has 0 aromatic carbocycles. The summed E-state index contributed by atoms with van der Waals surface area (Å²) in [6, 6.07) is 1.17. The molecule has 2 fully saturated rings. The molecule has 1 N–H and O–H groups in total.